The van der Waals surface area contributed by atoms with Gasteiger partial charge < -0.3 is 10.6 Å². The molecule has 0 aliphatic rings. The van der Waals surface area contributed by atoms with Gasteiger partial charge in [0.1, 0.15) is 5.69 Å². The van der Waals surface area contributed by atoms with Crippen LogP contribution in [0.25, 0.3) is 0 Å². The predicted octanol–water partition coefficient (Wildman–Crippen LogP) is 4.01. The Kier molecular flexibility index (Phi) is 5.43. The molecule has 7 heteroatoms. The Morgan fingerprint density at radius 2 is 1.96 bits per heavy atom. The number of anilines is 2. The van der Waals surface area contributed by atoms with Crippen LogP contribution >= 0.6 is 11.6 Å². The summed E-state index contributed by atoms with van der Waals surface area (Å²) >= 11 is 6.00. The van der Waals surface area contributed by atoms with Crippen molar-refractivity contribution in [1.82, 2.24) is 15.0 Å². The van der Waals surface area contributed by atoms with E-state index in [1.807, 2.05) is 38.1 Å². The number of carbonyl (C=O) groups is 1. The molecule has 26 heavy (non-hydrogen) atoms. The van der Waals surface area contributed by atoms with Crippen LogP contribution in [0.3, 0.4) is 0 Å². The molecule has 0 unspecified atom stereocenters. The fourth-order valence-corrected chi connectivity index (χ4v) is 2.52. The van der Waals surface area contributed by atoms with Crippen molar-refractivity contribution in [3.8, 4) is 0 Å². The minimum absolute atomic E-state index is 0.278. The van der Waals surface area contributed by atoms with Gasteiger partial charge in [0.2, 0.25) is 5.95 Å². The van der Waals surface area contributed by atoms with E-state index < -0.39 is 0 Å². The second kappa shape index (κ2) is 7.93. The lowest BCUT2D eigenvalue weighted by molar-refractivity contribution is 0.102. The third-order valence-corrected chi connectivity index (χ3v) is 3.92. The van der Waals surface area contributed by atoms with E-state index in [-0.39, 0.29) is 11.6 Å². The summed E-state index contributed by atoms with van der Waals surface area (Å²) in [6.07, 6.45) is 1.72. The van der Waals surface area contributed by atoms with Crippen LogP contribution in [0.2, 0.25) is 5.02 Å². The molecule has 0 fully saturated rings. The lowest BCUT2D eigenvalue weighted by Gasteiger charge is -2.10. The standard InChI is InChI=1S/C19H18ClN5O/c1-12-6-7-14(20)10-16(12)24-18(26)17-9-13(2)23-19(25-17)22-11-15-5-3-4-8-21-15/h3-10H,11H2,1-2H3,(H,24,26)(H,22,23,25). The lowest BCUT2D eigenvalue weighted by atomic mass is 10.2. The number of halogens is 1. The first-order valence-electron chi connectivity index (χ1n) is 8.08. The average molecular weight is 368 g/mol. The SMILES string of the molecule is Cc1cc(C(=O)Nc2cc(Cl)ccc2C)nc(NCc2ccccn2)n1. The van der Waals surface area contributed by atoms with E-state index in [2.05, 4.69) is 25.6 Å². The maximum absolute atomic E-state index is 12.6. The van der Waals surface area contributed by atoms with Crippen LogP contribution in [0, 0.1) is 13.8 Å². The second-order valence-electron chi connectivity index (χ2n) is 5.81. The molecule has 2 N–H and O–H groups in total. The Morgan fingerprint density at radius 1 is 1.12 bits per heavy atom. The summed E-state index contributed by atoms with van der Waals surface area (Å²) < 4.78 is 0. The van der Waals surface area contributed by atoms with Crippen molar-refractivity contribution in [3.05, 3.63) is 76.3 Å². The van der Waals surface area contributed by atoms with Crippen LogP contribution in [-0.2, 0) is 6.54 Å². The van der Waals surface area contributed by atoms with Crippen LogP contribution in [-0.4, -0.2) is 20.9 Å². The second-order valence-corrected chi connectivity index (χ2v) is 6.24. The van der Waals surface area contributed by atoms with E-state index in [0.717, 1.165) is 11.3 Å². The summed E-state index contributed by atoms with van der Waals surface area (Å²) in [6.45, 7) is 4.19. The van der Waals surface area contributed by atoms with E-state index in [1.54, 1.807) is 24.4 Å². The van der Waals surface area contributed by atoms with Crippen molar-refractivity contribution in [3.63, 3.8) is 0 Å². The van der Waals surface area contributed by atoms with Crippen molar-refractivity contribution < 1.29 is 4.79 Å². The maximum Gasteiger partial charge on any atom is 0.274 e. The zero-order chi connectivity index (χ0) is 18.5. The number of hydrogen-bond donors (Lipinski definition) is 2. The van der Waals surface area contributed by atoms with Gasteiger partial charge in [-0.05, 0) is 49.7 Å². The summed E-state index contributed by atoms with van der Waals surface area (Å²) in [7, 11) is 0. The van der Waals surface area contributed by atoms with Gasteiger partial charge in [0.15, 0.2) is 0 Å². The van der Waals surface area contributed by atoms with Crippen LogP contribution in [0.5, 0.6) is 0 Å². The molecule has 0 bridgehead atoms. The topological polar surface area (TPSA) is 79.8 Å². The van der Waals surface area contributed by atoms with Gasteiger partial charge in [-0.2, -0.15) is 0 Å². The molecule has 0 saturated carbocycles. The highest BCUT2D eigenvalue weighted by Gasteiger charge is 2.12. The largest absolute Gasteiger partial charge is 0.349 e. The Bertz CT molecular complexity index is 930. The van der Waals surface area contributed by atoms with Gasteiger partial charge in [-0.15, -0.1) is 0 Å². The van der Waals surface area contributed by atoms with Gasteiger partial charge in [0.25, 0.3) is 5.91 Å². The normalized spacial score (nSPS) is 10.4. The molecule has 6 nitrogen and oxygen atoms in total. The van der Waals surface area contributed by atoms with Gasteiger partial charge >= 0.3 is 0 Å². The zero-order valence-electron chi connectivity index (χ0n) is 14.5. The Balaban J connectivity index is 1.76. The molecule has 1 aromatic carbocycles. The highest BCUT2D eigenvalue weighted by atomic mass is 35.5. The fourth-order valence-electron chi connectivity index (χ4n) is 2.35. The van der Waals surface area contributed by atoms with Gasteiger partial charge in [-0.1, -0.05) is 23.7 Å². The molecule has 0 radical (unpaired) electrons. The smallest absolute Gasteiger partial charge is 0.274 e. The number of hydrogen-bond acceptors (Lipinski definition) is 5. The molecular weight excluding hydrogens is 350 g/mol. The highest BCUT2D eigenvalue weighted by molar-refractivity contribution is 6.31. The van der Waals surface area contributed by atoms with Crippen LogP contribution in [0.1, 0.15) is 27.4 Å². The monoisotopic (exact) mass is 367 g/mol. The van der Waals surface area contributed by atoms with Gasteiger partial charge in [-0.25, -0.2) is 9.97 Å². The molecule has 132 valence electrons. The molecule has 0 aliphatic heterocycles. The molecule has 1 amide bonds. The Hall–Kier alpha value is -2.99. The summed E-state index contributed by atoms with van der Waals surface area (Å²) in [5, 5.41) is 6.50. The van der Waals surface area contributed by atoms with Gasteiger partial charge in [0, 0.05) is 22.6 Å². The van der Waals surface area contributed by atoms with Crippen molar-refractivity contribution in [1.29, 1.82) is 0 Å². The molecule has 3 rings (SSSR count). The molecule has 2 heterocycles. The number of amides is 1. The third kappa shape index (κ3) is 4.55. The third-order valence-electron chi connectivity index (χ3n) is 3.69. The van der Waals surface area contributed by atoms with Crippen molar-refractivity contribution >= 4 is 29.1 Å². The number of nitrogens with zero attached hydrogens (tertiary/aromatic N) is 3. The molecule has 0 saturated heterocycles. The first-order valence-corrected chi connectivity index (χ1v) is 8.46. The van der Waals surface area contributed by atoms with Crippen LogP contribution in [0.4, 0.5) is 11.6 Å². The number of aryl methyl sites for hydroxylation is 2. The molecule has 3 aromatic rings. The van der Waals surface area contributed by atoms with E-state index in [0.29, 0.717) is 28.9 Å². The number of rotatable bonds is 5. The Labute approximate surface area is 156 Å². The van der Waals surface area contributed by atoms with Crippen molar-refractivity contribution in [2.24, 2.45) is 0 Å². The predicted molar refractivity (Wildman–Crippen MR) is 102 cm³/mol. The molecule has 2 aromatic heterocycles. The molecule has 0 atom stereocenters. The summed E-state index contributed by atoms with van der Waals surface area (Å²) in [5.41, 5.74) is 3.40. The molecular formula is C19H18ClN5O. The van der Waals surface area contributed by atoms with E-state index in [1.165, 1.54) is 0 Å². The first-order chi connectivity index (χ1) is 12.5. The zero-order valence-corrected chi connectivity index (χ0v) is 15.2. The fraction of sp³-hybridized carbons (Fsp3) is 0.158. The van der Waals surface area contributed by atoms with E-state index >= 15 is 0 Å². The van der Waals surface area contributed by atoms with E-state index in [9.17, 15) is 4.79 Å². The lowest BCUT2D eigenvalue weighted by Crippen LogP contribution is -2.17. The average Bonchev–Trinajstić information content (AvgIpc) is 2.63. The summed E-state index contributed by atoms with van der Waals surface area (Å²) in [4.78, 5) is 25.4. The first kappa shape index (κ1) is 17.8. The minimum Gasteiger partial charge on any atom is -0.349 e. The van der Waals surface area contributed by atoms with Crippen molar-refractivity contribution in [2.75, 3.05) is 10.6 Å². The van der Waals surface area contributed by atoms with Crippen LogP contribution in [0.15, 0.2) is 48.7 Å². The number of aromatic nitrogens is 3. The minimum atomic E-state index is -0.318. The summed E-state index contributed by atoms with van der Waals surface area (Å²) in [6, 6.07) is 12.6. The highest BCUT2D eigenvalue weighted by Crippen LogP contribution is 2.21. The van der Waals surface area contributed by atoms with E-state index in [4.69, 9.17) is 11.6 Å². The van der Waals surface area contributed by atoms with Gasteiger partial charge in [-0.3, -0.25) is 9.78 Å². The quantitative estimate of drug-likeness (QED) is 0.712. The number of pyridine rings is 1. The molecule has 0 aliphatic carbocycles. The number of benzene rings is 1. The maximum atomic E-state index is 12.6. The van der Waals surface area contributed by atoms with Crippen molar-refractivity contribution in [2.45, 2.75) is 20.4 Å². The Morgan fingerprint density at radius 3 is 2.73 bits per heavy atom. The van der Waals surface area contributed by atoms with Crippen LogP contribution < -0.4 is 10.6 Å². The number of carbonyl (C=O) groups excluding carboxylic acids is 1. The van der Waals surface area contributed by atoms with Gasteiger partial charge in [0.05, 0.1) is 12.2 Å². The summed E-state index contributed by atoms with van der Waals surface area (Å²) in [5.74, 6) is 0.0605. The number of nitrogens with one attached hydrogen (secondary N) is 2. The molecule has 0 spiro atoms.